The Labute approximate surface area is 131 Å². The van der Waals surface area contributed by atoms with Crippen LogP contribution in [0, 0.1) is 0 Å². The lowest BCUT2D eigenvalue weighted by molar-refractivity contribution is 0.526. The maximum absolute atomic E-state index is 3.69. The molecule has 0 atom stereocenters. The molecule has 2 nitrogen and oxygen atoms in total. The SMILES string of the molecule is CSc1cccc(NC2CCN(c3ccccc3)CC2)c1. The fourth-order valence-corrected chi connectivity index (χ4v) is 3.33. The Morgan fingerprint density at radius 2 is 1.76 bits per heavy atom. The molecule has 0 unspecified atom stereocenters. The van der Waals surface area contributed by atoms with Crippen LogP contribution in [0.2, 0.25) is 0 Å². The summed E-state index contributed by atoms with van der Waals surface area (Å²) in [5, 5.41) is 3.69. The number of anilines is 2. The van der Waals surface area contributed by atoms with Gasteiger partial charge in [-0.05, 0) is 49.4 Å². The first-order chi connectivity index (χ1) is 10.3. The van der Waals surface area contributed by atoms with Crippen LogP contribution in [0.3, 0.4) is 0 Å². The van der Waals surface area contributed by atoms with Gasteiger partial charge in [-0.1, -0.05) is 24.3 Å². The van der Waals surface area contributed by atoms with Crippen LogP contribution >= 0.6 is 11.8 Å². The van der Waals surface area contributed by atoms with E-state index >= 15 is 0 Å². The minimum Gasteiger partial charge on any atom is -0.382 e. The van der Waals surface area contributed by atoms with Crippen LogP contribution in [0.15, 0.2) is 59.5 Å². The van der Waals surface area contributed by atoms with Crippen molar-refractivity contribution in [3.8, 4) is 0 Å². The van der Waals surface area contributed by atoms with E-state index in [1.165, 1.54) is 29.1 Å². The molecule has 1 N–H and O–H groups in total. The molecule has 0 saturated carbocycles. The van der Waals surface area contributed by atoms with Crippen molar-refractivity contribution in [1.29, 1.82) is 0 Å². The zero-order chi connectivity index (χ0) is 14.5. The molecule has 0 spiro atoms. The second-order valence-corrected chi connectivity index (χ2v) is 6.35. The second-order valence-electron chi connectivity index (χ2n) is 5.47. The van der Waals surface area contributed by atoms with E-state index in [-0.39, 0.29) is 0 Å². The lowest BCUT2D eigenvalue weighted by atomic mass is 10.0. The highest BCUT2D eigenvalue weighted by atomic mass is 32.2. The molecule has 1 heterocycles. The van der Waals surface area contributed by atoms with Gasteiger partial charge in [0, 0.05) is 35.4 Å². The van der Waals surface area contributed by atoms with Gasteiger partial charge in [0.15, 0.2) is 0 Å². The van der Waals surface area contributed by atoms with Crippen LogP contribution in [0.4, 0.5) is 11.4 Å². The molecule has 0 aliphatic carbocycles. The molecule has 2 aromatic carbocycles. The molecule has 110 valence electrons. The molecule has 2 aromatic rings. The smallest absolute Gasteiger partial charge is 0.0366 e. The quantitative estimate of drug-likeness (QED) is 0.837. The summed E-state index contributed by atoms with van der Waals surface area (Å²) in [7, 11) is 0. The highest BCUT2D eigenvalue weighted by Gasteiger charge is 2.19. The molecule has 0 aromatic heterocycles. The molecule has 21 heavy (non-hydrogen) atoms. The third-order valence-corrected chi connectivity index (χ3v) is 4.78. The van der Waals surface area contributed by atoms with E-state index in [1.54, 1.807) is 11.8 Å². The predicted molar refractivity (Wildman–Crippen MR) is 93.5 cm³/mol. The number of hydrogen-bond acceptors (Lipinski definition) is 3. The minimum absolute atomic E-state index is 0.585. The summed E-state index contributed by atoms with van der Waals surface area (Å²) in [5.41, 5.74) is 2.60. The molecule has 3 rings (SSSR count). The second kappa shape index (κ2) is 6.90. The van der Waals surface area contributed by atoms with Gasteiger partial charge in [0.05, 0.1) is 0 Å². The van der Waals surface area contributed by atoms with Gasteiger partial charge in [-0.2, -0.15) is 0 Å². The van der Waals surface area contributed by atoms with Gasteiger partial charge in [-0.25, -0.2) is 0 Å². The highest BCUT2D eigenvalue weighted by Crippen LogP contribution is 2.24. The van der Waals surface area contributed by atoms with Crippen molar-refractivity contribution in [2.75, 3.05) is 29.6 Å². The van der Waals surface area contributed by atoms with E-state index in [0.29, 0.717) is 6.04 Å². The van der Waals surface area contributed by atoms with Crippen LogP contribution in [-0.2, 0) is 0 Å². The summed E-state index contributed by atoms with van der Waals surface area (Å²) >= 11 is 1.79. The fourth-order valence-electron chi connectivity index (χ4n) is 2.87. The van der Waals surface area contributed by atoms with Crippen LogP contribution in [0.5, 0.6) is 0 Å². The molecule has 1 aliphatic rings. The molecular weight excluding hydrogens is 276 g/mol. The van der Waals surface area contributed by atoms with Crippen molar-refractivity contribution >= 4 is 23.1 Å². The molecule has 1 saturated heterocycles. The van der Waals surface area contributed by atoms with Gasteiger partial charge in [0.1, 0.15) is 0 Å². The van der Waals surface area contributed by atoms with Gasteiger partial charge in [0.25, 0.3) is 0 Å². The Balaban J connectivity index is 1.56. The van der Waals surface area contributed by atoms with Gasteiger partial charge in [-0.15, -0.1) is 11.8 Å². The van der Waals surface area contributed by atoms with E-state index in [9.17, 15) is 0 Å². The Morgan fingerprint density at radius 1 is 1.00 bits per heavy atom. The zero-order valence-electron chi connectivity index (χ0n) is 12.5. The van der Waals surface area contributed by atoms with Gasteiger partial charge < -0.3 is 10.2 Å². The fraction of sp³-hybridized carbons (Fsp3) is 0.333. The monoisotopic (exact) mass is 298 g/mol. The van der Waals surface area contributed by atoms with E-state index in [1.807, 2.05) is 0 Å². The third kappa shape index (κ3) is 3.73. The average Bonchev–Trinajstić information content (AvgIpc) is 2.56. The summed E-state index contributed by atoms with van der Waals surface area (Å²) in [6.07, 6.45) is 4.51. The first-order valence-electron chi connectivity index (χ1n) is 7.56. The Hall–Kier alpha value is -1.61. The van der Waals surface area contributed by atoms with Crippen molar-refractivity contribution in [2.24, 2.45) is 0 Å². The highest BCUT2D eigenvalue weighted by molar-refractivity contribution is 7.98. The van der Waals surface area contributed by atoms with E-state index in [0.717, 1.165) is 13.1 Å². The van der Waals surface area contributed by atoms with Gasteiger partial charge in [-0.3, -0.25) is 0 Å². The number of para-hydroxylation sites is 1. The van der Waals surface area contributed by atoms with Crippen LogP contribution in [-0.4, -0.2) is 25.4 Å². The largest absolute Gasteiger partial charge is 0.382 e. The summed E-state index contributed by atoms with van der Waals surface area (Å²) < 4.78 is 0. The molecule has 0 bridgehead atoms. The zero-order valence-corrected chi connectivity index (χ0v) is 13.3. The summed E-state index contributed by atoms with van der Waals surface area (Å²) in [4.78, 5) is 3.80. The topological polar surface area (TPSA) is 15.3 Å². The summed E-state index contributed by atoms with van der Waals surface area (Å²) in [6, 6.07) is 20.0. The lowest BCUT2D eigenvalue weighted by Crippen LogP contribution is -2.39. The first-order valence-corrected chi connectivity index (χ1v) is 8.78. The third-order valence-electron chi connectivity index (χ3n) is 4.06. The molecule has 1 fully saturated rings. The normalized spacial score (nSPS) is 16.0. The number of benzene rings is 2. The summed E-state index contributed by atoms with van der Waals surface area (Å²) in [6.45, 7) is 2.26. The van der Waals surface area contributed by atoms with Crippen LogP contribution in [0.25, 0.3) is 0 Å². The van der Waals surface area contributed by atoms with Crippen molar-refractivity contribution in [3.05, 3.63) is 54.6 Å². The number of hydrogen-bond donors (Lipinski definition) is 1. The van der Waals surface area contributed by atoms with E-state index < -0.39 is 0 Å². The number of piperidine rings is 1. The molecule has 0 amide bonds. The summed E-state index contributed by atoms with van der Waals surface area (Å²) in [5.74, 6) is 0. The maximum Gasteiger partial charge on any atom is 0.0366 e. The van der Waals surface area contributed by atoms with Crippen molar-refractivity contribution < 1.29 is 0 Å². The molecule has 0 radical (unpaired) electrons. The Bertz CT molecular complexity index is 562. The number of nitrogens with zero attached hydrogens (tertiary/aromatic N) is 1. The van der Waals surface area contributed by atoms with Crippen LogP contribution in [0.1, 0.15) is 12.8 Å². The van der Waals surface area contributed by atoms with Crippen molar-refractivity contribution in [3.63, 3.8) is 0 Å². The standard InChI is InChI=1S/C18H22N2S/c1-21-18-9-5-6-16(14-18)19-15-10-12-20(13-11-15)17-7-3-2-4-8-17/h2-9,14-15,19H,10-13H2,1H3. The number of nitrogens with one attached hydrogen (secondary N) is 1. The Morgan fingerprint density at radius 3 is 2.48 bits per heavy atom. The molecule has 1 aliphatic heterocycles. The first kappa shape index (κ1) is 14.3. The number of thioether (sulfide) groups is 1. The van der Waals surface area contributed by atoms with Crippen molar-refractivity contribution in [1.82, 2.24) is 0 Å². The Kier molecular flexibility index (Phi) is 4.71. The maximum atomic E-state index is 3.69. The minimum atomic E-state index is 0.585. The van der Waals surface area contributed by atoms with Crippen molar-refractivity contribution in [2.45, 2.75) is 23.8 Å². The van der Waals surface area contributed by atoms with E-state index in [4.69, 9.17) is 0 Å². The van der Waals surface area contributed by atoms with E-state index in [2.05, 4.69) is 71.1 Å². The molecular formula is C18H22N2S. The van der Waals surface area contributed by atoms with Gasteiger partial charge in [0.2, 0.25) is 0 Å². The van der Waals surface area contributed by atoms with Gasteiger partial charge >= 0.3 is 0 Å². The molecule has 3 heteroatoms. The lowest BCUT2D eigenvalue weighted by Gasteiger charge is -2.34. The average molecular weight is 298 g/mol. The van der Waals surface area contributed by atoms with Crippen LogP contribution < -0.4 is 10.2 Å². The predicted octanol–water partition coefficient (Wildman–Crippen LogP) is 4.49. The number of rotatable bonds is 4.